The molecule has 2 aromatic heterocycles. The number of nitrogens with zero attached hydrogens (tertiary/aromatic N) is 3. The first-order valence-corrected chi connectivity index (χ1v) is 8.56. The summed E-state index contributed by atoms with van der Waals surface area (Å²) in [6, 6.07) is 2.16. The van der Waals surface area contributed by atoms with Crippen molar-refractivity contribution in [3.63, 3.8) is 0 Å². The highest BCUT2D eigenvalue weighted by Crippen LogP contribution is 2.31. The Kier molecular flexibility index (Phi) is 4.06. The molecular weight excluding hydrogens is 379 g/mol. The number of anilines is 1. The van der Waals surface area contributed by atoms with Gasteiger partial charge in [0.05, 0.1) is 0 Å². The lowest BCUT2D eigenvalue weighted by Gasteiger charge is -2.37. The lowest BCUT2D eigenvalue weighted by atomic mass is 9.88. The molecule has 0 radical (unpaired) electrons. The summed E-state index contributed by atoms with van der Waals surface area (Å²) >= 11 is 6.14. The number of carbonyl (C=O) groups is 2. The third kappa shape index (κ3) is 3.01. The molecule has 4 heterocycles. The maximum absolute atomic E-state index is 13.4. The number of H-pyrrole nitrogens is 1. The van der Waals surface area contributed by atoms with Crippen LogP contribution in [0, 0.1) is 5.95 Å². The lowest BCUT2D eigenvalue weighted by molar-refractivity contribution is -0.124. The van der Waals surface area contributed by atoms with Gasteiger partial charge in [-0.15, -0.1) is 0 Å². The van der Waals surface area contributed by atoms with Crippen molar-refractivity contribution in [1.29, 1.82) is 0 Å². The zero-order valence-electron chi connectivity index (χ0n) is 13.9. The Balaban J connectivity index is 1.64. The van der Waals surface area contributed by atoms with Crippen LogP contribution in [0.25, 0.3) is 11.4 Å². The molecule has 9 nitrogen and oxygen atoms in total. The second kappa shape index (κ2) is 6.31. The van der Waals surface area contributed by atoms with Gasteiger partial charge in [0.2, 0.25) is 5.95 Å². The Morgan fingerprint density at radius 2 is 1.96 bits per heavy atom. The van der Waals surface area contributed by atoms with Crippen LogP contribution in [0.15, 0.2) is 23.1 Å². The molecule has 2 aromatic rings. The SMILES string of the molecule is O=C1NC(=O)C2(CCN(c3nc(-c4ccnc(F)c4)[nH]c(=O)c3Cl)CC2)N1. The predicted molar refractivity (Wildman–Crippen MR) is 93.9 cm³/mol. The summed E-state index contributed by atoms with van der Waals surface area (Å²) in [5.41, 5.74) is -1.15. The summed E-state index contributed by atoms with van der Waals surface area (Å²) in [5.74, 6) is -0.653. The fraction of sp³-hybridized carbons (Fsp3) is 0.312. The summed E-state index contributed by atoms with van der Waals surface area (Å²) in [6.07, 6.45) is 1.95. The predicted octanol–water partition coefficient (Wildman–Crippen LogP) is 0.803. The number of imide groups is 1. The number of hydrogen-bond donors (Lipinski definition) is 3. The van der Waals surface area contributed by atoms with E-state index in [-0.39, 0.29) is 22.6 Å². The first-order valence-electron chi connectivity index (χ1n) is 8.18. The molecule has 4 rings (SSSR count). The molecule has 0 unspecified atom stereocenters. The number of halogens is 2. The van der Waals surface area contributed by atoms with Crippen LogP contribution in [-0.4, -0.2) is 45.5 Å². The maximum atomic E-state index is 13.4. The van der Waals surface area contributed by atoms with Crippen molar-refractivity contribution in [1.82, 2.24) is 25.6 Å². The standard InChI is InChI=1S/C16H14ClFN6O3/c17-10-12(20-11(21-13(10)25)8-1-4-19-9(18)7-8)24-5-2-16(3-6-24)14(26)22-15(27)23-16/h1,4,7H,2-3,5-6H2,(H,20,21,25)(H2,22,23,26,27). The maximum Gasteiger partial charge on any atom is 0.322 e. The fourth-order valence-electron chi connectivity index (χ4n) is 3.32. The summed E-state index contributed by atoms with van der Waals surface area (Å²) < 4.78 is 13.4. The lowest BCUT2D eigenvalue weighted by Crippen LogP contribution is -2.55. The summed E-state index contributed by atoms with van der Waals surface area (Å²) in [7, 11) is 0. The molecule has 2 fully saturated rings. The van der Waals surface area contributed by atoms with Gasteiger partial charge in [-0.3, -0.25) is 14.9 Å². The quantitative estimate of drug-likeness (QED) is 0.513. The van der Waals surface area contributed by atoms with E-state index in [2.05, 4.69) is 25.6 Å². The highest BCUT2D eigenvalue weighted by molar-refractivity contribution is 6.32. The molecule has 140 valence electrons. The Morgan fingerprint density at radius 3 is 2.59 bits per heavy atom. The average molecular weight is 393 g/mol. The number of carbonyl (C=O) groups excluding carboxylic acids is 2. The van der Waals surface area contributed by atoms with Gasteiger partial charge in [-0.1, -0.05) is 11.6 Å². The van der Waals surface area contributed by atoms with E-state index in [0.29, 0.717) is 31.5 Å². The molecule has 11 heteroatoms. The summed E-state index contributed by atoms with van der Waals surface area (Å²) in [4.78, 5) is 47.8. The second-order valence-corrected chi connectivity index (χ2v) is 6.77. The zero-order chi connectivity index (χ0) is 19.2. The van der Waals surface area contributed by atoms with Crippen molar-refractivity contribution in [3.05, 3.63) is 39.7 Å². The Hall–Kier alpha value is -3.01. The first kappa shape index (κ1) is 17.4. The van der Waals surface area contributed by atoms with Crippen molar-refractivity contribution < 1.29 is 14.0 Å². The molecule has 27 heavy (non-hydrogen) atoms. The molecule has 3 amide bonds. The fourth-order valence-corrected chi connectivity index (χ4v) is 3.53. The molecule has 0 atom stereocenters. The minimum absolute atomic E-state index is 0.0934. The Morgan fingerprint density at radius 1 is 1.22 bits per heavy atom. The summed E-state index contributed by atoms with van der Waals surface area (Å²) in [5, 5.41) is 4.81. The van der Waals surface area contributed by atoms with Gasteiger partial charge in [-0.25, -0.2) is 14.8 Å². The smallest absolute Gasteiger partial charge is 0.322 e. The van der Waals surface area contributed by atoms with Gasteiger partial charge >= 0.3 is 6.03 Å². The normalized spacial score (nSPS) is 18.5. The van der Waals surface area contributed by atoms with E-state index >= 15 is 0 Å². The van der Waals surface area contributed by atoms with E-state index in [1.54, 1.807) is 4.90 Å². The van der Waals surface area contributed by atoms with Gasteiger partial charge in [0, 0.05) is 30.9 Å². The molecule has 2 saturated heterocycles. The third-order valence-corrected chi connectivity index (χ3v) is 5.12. The number of aromatic amines is 1. The van der Waals surface area contributed by atoms with Gasteiger partial charge in [0.15, 0.2) is 5.82 Å². The van der Waals surface area contributed by atoms with E-state index in [1.807, 2.05) is 0 Å². The number of rotatable bonds is 2. The van der Waals surface area contributed by atoms with Crippen LogP contribution >= 0.6 is 11.6 Å². The Bertz CT molecular complexity index is 1000. The number of pyridine rings is 1. The van der Waals surface area contributed by atoms with Gasteiger partial charge in [0.25, 0.3) is 11.5 Å². The van der Waals surface area contributed by atoms with Gasteiger partial charge in [-0.05, 0) is 18.9 Å². The van der Waals surface area contributed by atoms with Crippen molar-refractivity contribution >= 4 is 29.4 Å². The molecule has 0 saturated carbocycles. The number of aromatic nitrogens is 3. The monoisotopic (exact) mass is 392 g/mol. The highest BCUT2D eigenvalue weighted by atomic mass is 35.5. The van der Waals surface area contributed by atoms with Crippen molar-refractivity contribution in [3.8, 4) is 11.4 Å². The number of amides is 3. The van der Waals surface area contributed by atoms with E-state index in [4.69, 9.17) is 11.6 Å². The van der Waals surface area contributed by atoms with Crippen LogP contribution < -0.4 is 21.1 Å². The minimum atomic E-state index is -0.946. The van der Waals surface area contributed by atoms with Crippen LogP contribution in [0.1, 0.15) is 12.8 Å². The first-order chi connectivity index (χ1) is 12.9. The second-order valence-electron chi connectivity index (χ2n) is 6.40. The van der Waals surface area contributed by atoms with Crippen LogP contribution in [0.5, 0.6) is 0 Å². The van der Waals surface area contributed by atoms with Crippen LogP contribution in [-0.2, 0) is 4.79 Å². The van der Waals surface area contributed by atoms with Gasteiger partial charge < -0.3 is 15.2 Å². The van der Waals surface area contributed by atoms with E-state index in [9.17, 15) is 18.8 Å². The van der Waals surface area contributed by atoms with Crippen molar-refractivity contribution in [2.75, 3.05) is 18.0 Å². The van der Waals surface area contributed by atoms with E-state index in [1.165, 1.54) is 12.3 Å². The van der Waals surface area contributed by atoms with Crippen LogP contribution in [0.4, 0.5) is 15.0 Å². The largest absolute Gasteiger partial charge is 0.355 e. The number of nitrogens with one attached hydrogen (secondary N) is 3. The number of piperidine rings is 1. The average Bonchev–Trinajstić information content (AvgIpc) is 2.91. The topological polar surface area (TPSA) is 120 Å². The van der Waals surface area contributed by atoms with Gasteiger partial charge in [0.1, 0.15) is 16.4 Å². The molecule has 1 spiro atoms. The molecule has 0 aromatic carbocycles. The molecule has 2 aliphatic rings. The van der Waals surface area contributed by atoms with Crippen LogP contribution in [0.2, 0.25) is 5.02 Å². The van der Waals surface area contributed by atoms with Crippen LogP contribution in [0.3, 0.4) is 0 Å². The van der Waals surface area contributed by atoms with E-state index in [0.717, 1.165) is 6.07 Å². The molecule has 0 bridgehead atoms. The molecule has 2 aliphatic heterocycles. The van der Waals surface area contributed by atoms with E-state index < -0.39 is 23.1 Å². The zero-order valence-corrected chi connectivity index (χ0v) is 14.6. The molecule has 3 N–H and O–H groups in total. The highest BCUT2D eigenvalue weighted by Gasteiger charge is 2.48. The number of hydrogen-bond acceptors (Lipinski definition) is 6. The number of urea groups is 1. The molecular formula is C16H14ClFN6O3. The van der Waals surface area contributed by atoms with Crippen molar-refractivity contribution in [2.45, 2.75) is 18.4 Å². The minimum Gasteiger partial charge on any atom is -0.355 e. The van der Waals surface area contributed by atoms with Gasteiger partial charge in [-0.2, -0.15) is 4.39 Å². The third-order valence-electron chi connectivity index (χ3n) is 4.78. The molecule has 0 aliphatic carbocycles. The summed E-state index contributed by atoms with van der Waals surface area (Å²) in [6.45, 7) is 0.710. The van der Waals surface area contributed by atoms with Crippen molar-refractivity contribution in [2.24, 2.45) is 0 Å². The Labute approximate surface area is 157 Å².